The minimum Gasteiger partial charge on any atom is -0.384 e. The van der Waals surface area contributed by atoms with Crippen molar-refractivity contribution in [2.45, 2.75) is 38.9 Å². The Hall–Kier alpha value is -1.26. The second-order valence-electron chi connectivity index (χ2n) is 6.56. The van der Waals surface area contributed by atoms with Gasteiger partial charge in [0.2, 0.25) is 0 Å². The van der Waals surface area contributed by atoms with Crippen LogP contribution < -0.4 is 10.6 Å². The van der Waals surface area contributed by atoms with Crippen molar-refractivity contribution in [3.05, 3.63) is 28.8 Å². The highest BCUT2D eigenvalue weighted by molar-refractivity contribution is 6.34. The molecule has 1 aliphatic heterocycles. The number of nitrogens with zero attached hydrogens (tertiary/aromatic N) is 1. The SMILES string of the molecule is CC1(C)CN(c2ccc(C(=N)N)c(Cl)c2)CC(C)(C)O1. The molecule has 0 spiro atoms. The predicted molar refractivity (Wildman–Crippen MR) is 83.9 cm³/mol. The largest absolute Gasteiger partial charge is 0.384 e. The van der Waals surface area contributed by atoms with E-state index in [2.05, 4.69) is 32.6 Å². The molecule has 4 nitrogen and oxygen atoms in total. The van der Waals surface area contributed by atoms with Crippen molar-refractivity contribution in [3.63, 3.8) is 0 Å². The molecule has 2 rings (SSSR count). The maximum absolute atomic E-state index is 7.48. The predicted octanol–water partition coefficient (Wildman–Crippen LogP) is 3.02. The fourth-order valence-corrected chi connectivity index (χ4v) is 3.17. The van der Waals surface area contributed by atoms with Gasteiger partial charge in [-0.3, -0.25) is 5.41 Å². The van der Waals surface area contributed by atoms with Gasteiger partial charge in [-0.05, 0) is 45.9 Å². The number of nitrogens with one attached hydrogen (secondary N) is 1. The number of hydrogen-bond donors (Lipinski definition) is 2. The molecule has 0 aliphatic carbocycles. The third kappa shape index (κ3) is 3.25. The number of anilines is 1. The smallest absolute Gasteiger partial charge is 0.124 e. The number of hydrogen-bond acceptors (Lipinski definition) is 3. The van der Waals surface area contributed by atoms with E-state index in [0.717, 1.165) is 18.8 Å². The van der Waals surface area contributed by atoms with Crippen LogP contribution in [0.4, 0.5) is 5.69 Å². The lowest BCUT2D eigenvalue weighted by Gasteiger charge is -2.48. The molecular formula is C15H22ClN3O. The third-order valence-electron chi connectivity index (χ3n) is 3.30. The minimum absolute atomic E-state index is 0.0100. The van der Waals surface area contributed by atoms with E-state index in [9.17, 15) is 0 Å². The molecule has 0 atom stereocenters. The molecule has 5 heteroatoms. The molecule has 0 amide bonds. The van der Waals surface area contributed by atoms with Gasteiger partial charge in [0.25, 0.3) is 0 Å². The Morgan fingerprint density at radius 1 is 1.25 bits per heavy atom. The third-order valence-corrected chi connectivity index (χ3v) is 3.62. The summed E-state index contributed by atoms with van der Waals surface area (Å²) in [4.78, 5) is 2.26. The van der Waals surface area contributed by atoms with Gasteiger partial charge in [0.05, 0.1) is 16.2 Å². The van der Waals surface area contributed by atoms with Gasteiger partial charge in [-0.15, -0.1) is 0 Å². The molecule has 0 radical (unpaired) electrons. The number of nitrogens with two attached hydrogens (primary N) is 1. The highest BCUT2D eigenvalue weighted by Crippen LogP contribution is 2.33. The van der Waals surface area contributed by atoms with Gasteiger partial charge in [-0.25, -0.2) is 0 Å². The number of nitrogen functional groups attached to an aromatic ring is 1. The van der Waals surface area contributed by atoms with Gasteiger partial charge in [0.15, 0.2) is 0 Å². The fourth-order valence-electron chi connectivity index (χ4n) is 2.89. The molecule has 0 unspecified atom stereocenters. The van der Waals surface area contributed by atoms with Crippen molar-refractivity contribution in [2.75, 3.05) is 18.0 Å². The topological polar surface area (TPSA) is 62.3 Å². The Morgan fingerprint density at radius 2 is 1.80 bits per heavy atom. The van der Waals surface area contributed by atoms with E-state index in [1.807, 2.05) is 12.1 Å². The Kier molecular flexibility index (Phi) is 3.73. The van der Waals surface area contributed by atoms with Crippen LogP contribution in [0.15, 0.2) is 18.2 Å². The van der Waals surface area contributed by atoms with Crippen LogP contribution in [0.3, 0.4) is 0 Å². The molecule has 1 aliphatic rings. The van der Waals surface area contributed by atoms with Crippen LogP contribution in [-0.2, 0) is 4.74 Å². The van der Waals surface area contributed by atoms with Crippen LogP contribution in [-0.4, -0.2) is 30.1 Å². The molecule has 3 N–H and O–H groups in total. The highest BCUT2D eigenvalue weighted by atomic mass is 35.5. The summed E-state index contributed by atoms with van der Waals surface area (Å²) in [7, 11) is 0. The van der Waals surface area contributed by atoms with Gasteiger partial charge in [-0.2, -0.15) is 0 Å². The standard InChI is InChI=1S/C15H22ClN3O/c1-14(2)8-19(9-15(3,4)20-14)10-5-6-11(13(17)18)12(16)7-10/h5-7H,8-9H2,1-4H3,(H3,17,18). The highest BCUT2D eigenvalue weighted by Gasteiger charge is 2.38. The molecule has 0 saturated carbocycles. The first kappa shape index (κ1) is 15.1. The number of rotatable bonds is 2. The molecular weight excluding hydrogens is 274 g/mol. The molecule has 110 valence electrons. The van der Waals surface area contributed by atoms with E-state index in [-0.39, 0.29) is 17.0 Å². The van der Waals surface area contributed by atoms with Gasteiger partial charge in [-0.1, -0.05) is 11.6 Å². The van der Waals surface area contributed by atoms with E-state index in [4.69, 9.17) is 27.5 Å². The first-order valence-corrected chi connectivity index (χ1v) is 7.07. The maximum Gasteiger partial charge on any atom is 0.124 e. The summed E-state index contributed by atoms with van der Waals surface area (Å²) in [6.07, 6.45) is 0. The van der Waals surface area contributed by atoms with Crippen molar-refractivity contribution in [3.8, 4) is 0 Å². The molecule has 1 aromatic carbocycles. The summed E-state index contributed by atoms with van der Waals surface area (Å²) in [5.74, 6) is -0.0100. The Balaban J connectivity index is 2.32. The molecule has 1 saturated heterocycles. The zero-order chi connectivity index (χ0) is 15.1. The second kappa shape index (κ2) is 4.93. The van der Waals surface area contributed by atoms with Crippen LogP contribution >= 0.6 is 11.6 Å². The minimum atomic E-state index is -0.215. The van der Waals surface area contributed by atoms with Crippen molar-refractivity contribution in [1.82, 2.24) is 0 Å². The average molecular weight is 296 g/mol. The molecule has 1 fully saturated rings. The van der Waals surface area contributed by atoms with Gasteiger partial charge in [0, 0.05) is 24.3 Å². The number of benzene rings is 1. The summed E-state index contributed by atoms with van der Waals surface area (Å²) in [6.45, 7) is 9.95. The lowest BCUT2D eigenvalue weighted by Crippen LogP contribution is -2.57. The second-order valence-corrected chi connectivity index (χ2v) is 6.96. The Morgan fingerprint density at radius 3 is 2.25 bits per heavy atom. The number of morpholine rings is 1. The molecule has 20 heavy (non-hydrogen) atoms. The zero-order valence-electron chi connectivity index (χ0n) is 12.5. The average Bonchev–Trinajstić information content (AvgIpc) is 2.23. The Labute approximate surface area is 125 Å². The molecule has 0 aromatic heterocycles. The van der Waals surface area contributed by atoms with Crippen LogP contribution in [0.25, 0.3) is 0 Å². The van der Waals surface area contributed by atoms with Gasteiger partial charge < -0.3 is 15.4 Å². The summed E-state index contributed by atoms with van der Waals surface area (Å²) in [6, 6.07) is 5.63. The van der Waals surface area contributed by atoms with E-state index < -0.39 is 0 Å². The maximum atomic E-state index is 7.48. The fraction of sp³-hybridized carbons (Fsp3) is 0.533. The van der Waals surface area contributed by atoms with Crippen molar-refractivity contribution < 1.29 is 4.74 Å². The van der Waals surface area contributed by atoms with E-state index >= 15 is 0 Å². The normalized spacial score (nSPS) is 20.8. The van der Waals surface area contributed by atoms with Crippen molar-refractivity contribution in [2.24, 2.45) is 5.73 Å². The monoisotopic (exact) mass is 295 g/mol. The quantitative estimate of drug-likeness (QED) is 0.651. The van der Waals surface area contributed by atoms with Gasteiger partial charge >= 0.3 is 0 Å². The van der Waals surface area contributed by atoms with E-state index in [1.54, 1.807) is 6.07 Å². The van der Waals surface area contributed by atoms with E-state index in [1.165, 1.54) is 0 Å². The molecule has 0 bridgehead atoms. The summed E-state index contributed by atoms with van der Waals surface area (Å²) in [5.41, 5.74) is 6.67. The zero-order valence-corrected chi connectivity index (χ0v) is 13.2. The van der Waals surface area contributed by atoms with E-state index in [0.29, 0.717) is 10.6 Å². The molecule has 1 heterocycles. The summed E-state index contributed by atoms with van der Waals surface area (Å²) in [5, 5.41) is 7.99. The molecule has 1 aromatic rings. The first-order chi connectivity index (χ1) is 9.10. The summed E-state index contributed by atoms with van der Waals surface area (Å²) < 4.78 is 6.08. The number of halogens is 1. The number of amidine groups is 1. The Bertz CT molecular complexity index is 524. The van der Waals surface area contributed by atoms with Gasteiger partial charge in [0.1, 0.15) is 5.84 Å². The first-order valence-electron chi connectivity index (χ1n) is 6.69. The van der Waals surface area contributed by atoms with Crippen molar-refractivity contribution in [1.29, 1.82) is 5.41 Å². The summed E-state index contributed by atoms with van der Waals surface area (Å²) >= 11 is 6.21. The van der Waals surface area contributed by atoms with Crippen LogP contribution in [0.2, 0.25) is 5.02 Å². The van der Waals surface area contributed by atoms with Crippen LogP contribution in [0, 0.1) is 5.41 Å². The van der Waals surface area contributed by atoms with Crippen molar-refractivity contribution >= 4 is 23.1 Å². The lowest BCUT2D eigenvalue weighted by atomic mass is 9.98. The van der Waals surface area contributed by atoms with Crippen LogP contribution in [0.1, 0.15) is 33.3 Å². The lowest BCUT2D eigenvalue weighted by molar-refractivity contribution is -0.133. The van der Waals surface area contributed by atoms with Crippen LogP contribution in [0.5, 0.6) is 0 Å². The number of ether oxygens (including phenoxy) is 1.